The Balaban J connectivity index is 1.56. The third kappa shape index (κ3) is 6.29. The molecule has 2 saturated heterocycles. The predicted molar refractivity (Wildman–Crippen MR) is 114 cm³/mol. The number of pyridine rings is 1. The summed E-state index contributed by atoms with van der Waals surface area (Å²) in [6, 6.07) is 4.16. The molecule has 3 heterocycles. The summed E-state index contributed by atoms with van der Waals surface area (Å²) in [7, 11) is 0. The van der Waals surface area contributed by atoms with Crippen LogP contribution in [0, 0.1) is 5.41 Å². The van der Waals surface area contributed by atoms with Crippen LogP contribution in [-0.4, -0.2) is 74.8 Å². The number of aliphatic imine (C=N–C) groups is 1. The molecule has 2 fully saturated rings. The molecule has 8 nitrogen and oxygen atoms in total. The molecule has 0 amide bonds. The average Bonchev–Trinajstić information content (AvgIpc) is 3.19. The van der Waals surface area contributed by atoms with Gasteiger partial charge < -0.3 is 30.1 Å². The highest BCUT2D eigenvalue weighted by Gasteiger charge is 2.34. The number of rotatable bonds is 8. The third-order valence-electron chi connectivity index (χ3n) is 5.60. The van der Waals surface area contributed by atoms with Crippen LogP contribution in [0.15, 0.2) is 23.3 Å². The Morgan fingerprint density at radius 2 is 2.28 bits per heavy atom. The first-order valence-electron chi connectivity index (χ1n) is 10.7. The summed E-state index contributed by atoms with van der Waals surface area (Å²) < 4.78 is 11.2. The van der Waals surface area contributed by atoms with E-state index in [1.54, 1.807) is 0 Å². The Bertz CT molecular complexity index is 646. The summed E-state index contributed by atoms with van der Waals surface area (Å²) in [4.78, 5) is 11.6. The fraction of sp³-hybridized carbons (Fsp3) is 0.714. The molecule has 29 heavy (non-hydrogen) atoms. The molecule has 2 atom stereocenters. The molecule has 3 N–H and O–H groups in total. The molecule has 3 rings (SSSR count). The molecule has 0 aliphatic carbocycles. The number of hydrogen-bond acceptors (Lipinski definition) is 6. The average molecular weight is 406 g/mol. The molecular formula is C21H35N5O3. The van der Waals surface area contributed by atoms with Crippen molar-refractivity contribution < 1.29 is 14.6 Å². The van der Waals surface area contributed by atoms with Crippen molar-refractivity contribution in [2.75, 3.05) is 57.5 Å². The quantitative estimate of drug-likeness (QED) is 0.441. The normalized spacial score (nSPS) is 25.3. The Kier molecular flexibility index (Phi) is 8.09. The molecule has 0 saturated carbocycles. The summed E-state index contributed by atoms with van der Waals surface area (Å²) in [6.07, 6.45) is 3.85. The number of ether oxygens (including phenoxy) is 2. The minimum atomic E-state index is -0.0105. The highest BCUT2D eigenvalue weighted by atomic mass is 16.5. The van der Waals surface area contributed by atoms with E-state index in [4.69, 9.17) is 14.5 Å². The van der Waals surface area contributed by atoms with Gasteiger partial charge in [-0.25, -0.2) is 9.98 Å². The van der Waals surface area contributed by atoms with Crippen LogP contribution in [0.2, 0.25) is 0 Å². The number of aliphatic hydroxyl groups is 1. The number of morpholine rings is 1. The number of hydrogen-bond donors (Lipinski definition) is 3. The third-order valence-corrected chi connectivity index (χ3v) is 5.60. The largest absolute Gasteiger partial charge is 0.396 e. The van der Waals surface area contributed by atoms with E-state index in [9.17, 15) is 5.11 Å². The molecule has 2 aliphatic heterocycles. The Morgan fingerprint density at radius 1 is 1.38 bits per heavy atom. The first kappa shape index (κ1) is 21.8. The highest BCUT2D eigenvalue weighted by molar-refractivity contribution is 5.79. The topological polar surface area (TPSA) is 91.2 Å². The van der Waals surface area contributed by atoms with Gasteiger partial charge in [0.05, 0.1) is 25.9 Å². The number of aromatic nitrogens is 1. The van der Waals surface area contributed by atoms with E-state index < -0.39 is 0 Å². The molecule has 162 valence electrons. The van der Waals surface area contributed by atoms with Crippen molar-refractivity contribution >= 4 is 11.8 Å². The molecule has 2 unspecified atom stereocenters. The molecule has 1 aromatic rings. The van der Waals surface area contributed by atoms with Gasteiger partial charge in [-0.1, -0.05) is 6.07 Å². The Morgan fingerprint density at radius 3 is 2.93 bits per heavy atom. The van der Waals surface area contributed by atoms with Crippen molar-refractivity contribution in [3.63, 3.8) is 0 Å². The second-order valence-electron chi connectivity index (χ2n) is 7.98. The van der Waals surface area contributed by atoms with E-state index in [-0.39, 0.29) is 18.1 Å². The lowest BCUT2D eigenvalue weighted by atomic mass is 9.84. The molecule has 2 aliphatic rings. The predicted octanol–water partition coefficient (Wildman–Crippen LogP) is 1.15. The van der Waals surface area contributed by atoms with Gasteiger partial charge in [0.25, 0.3) is 0 Å². The SMILES string of the molecule is CCNC(=NCc1ccc(N2CCOC(C)C2)nc1)NCC1(CCO)CCOC1. The summed E-state index contributed by atoms with van der Waals surface area (Å²) in [5.41, 5.74) is 1.06. The summed E-state index contributed by atoms with van der Waals surface area (Å²) in [5, 5.41) is 16.1. The standard InChI is InChI=1S/C21H35N5O3/c1-3-22-20(25-15-21(6-9-27)7-10-28-16-21)24-13-18-4-5-19(23-12-18)26-8-11-29-17(2)14-26/h4-5,12,17,27H,3,6-11,13-16H2,1-2H3,(H2,22,24,25). The first-order valence-corrected chi connectivity index (χ1v) is 10.7. The zero-order valence-corrected chi connectivity index (χ0v) is 17.7. The minimum absolute atomic E-state index is 0.0105. The lowest BCUT2D eigenvalue weighted by Gasteiger charge is -2.32. The van der Waals surface area contributed by atoms with E-state index in [2.05, 4.69) is 46.5 Å². The van der Waals surface area contributed by atoms with Gasteiger partial charge in [0.2, 0.25) is 0 Å². The van der Waals surface area contributed by atoms with Crippen molar-refractivity contribution in [3.8, 4) is 0 Å². The summed E-state index contributed by atoms with van der Waals surface area (Å²) in [6.45, 7) is 10.4. The Hall–Kier alpha value is -1.90. The van der Waals surface area contributed by atoms with Gasteiger partial charge in [0.15, 0.2) is 5.96 Å². The van der Waals surface area contributed by atoms with Crippen LogP contribution in [0.5, 0.6) is 0 Å². The van der Waals surface area contributed by atoms with E-state index in [1.165, 1.54) is 0 Å². The first-order chi connectivity index (χ1) is 14.1. The summed E-state index contributed by atoms with van der Waals surface area (Å²) >= 11 is 0. The number of nitrogens with zero attached hydrogens (tertiary/aromatic N) is 3. The van der Waals surface area contributed by atoms with Crippen molar-refractivity contribution in [2.24, 2.45) is 10.4 Å². The van der Waals surface area contributed by atoms with Gasteiger partial charge in [-0.05, 0) is 38.3 Å². The smallest absolute Gasteiger partial charge is 0.191 e. The van der Waals surface area contributed by atoms with Gasteiger partial charge in [-0.3, -0.25) is 0 Å². The molecule has 8 heteroatoms. The molecule has 1 aromatic heterocycles. The van der Waals surface area contributed by atoms with Gasteiger partial charge in [-0.2, -0.15) is 0 Å². The van der Waals surface area contributed by atoms with Crippen LogP contribution >= 0.6 is 0 Å². The van der Waals surface area contributed by atoms with Crippen LogP contribution in [0.4, 0.5) is 5.82 Å². The van der Waals surface area contributed by atoms with Crippen molar-refractivity contribution in [1.82, 2.24) is 15.6 Å². The monoisotopic (exact) mass is 405 g/mol. The lowest BCUT2D eigenvalue weighted by Crippen LogP contribution is -2.44. The number of aliphatic hydroxyl groups excluding tert-OH is 1. The van der Waals surface area contributed by atoms with Crippen molar-refractivity contribution in [1.29, 1.82) is 0 Å². The number of guanidine groups is 1. The van der Waals surface area contributed by atoms with E-state index >= 15 is 0 Å². The maximum atomic E-state index is 9.40. The zero-order valence-electron chi connectivity index (χ0n) is 17.7. The van der Waals surface area contributed by atoms with Crippen molar-refractivity contribution in [2.45, 2.75) is 39.3 Å². The van der Waals surface area contributed by atoms with Gasteiger partial charge >= 0.3 is 0 Å². The van der Waals surface area contributed by atoms with Gasteiger partial charge in [0, 0.05) is 51.0 Å². The second-order valence-corrected chi connectivity index (χ2v) is 7.98. The molecule has 0 bridgehead atoms. The molecule has 0 radical (unpaired) electrons. The second kappa shape index (κ2) is 10.8. The van der Waals surface area contributed by atoms with Gasteiger partial charge in [0.1, 0.15) is 5.82 Å². The molecular weight excluding hydrogens is 370 g/mol. The number of nitrogens with one attached hydrogen (secondary N) is 2. The van der Waals surface area contributed by atoms with Crippen LogP contribution in [0.1, 0.15) is 32.3 Å². The van der Waals surface area contributed by atoms with Crippen LogP contribution < -0.4 is 15.5 Å². The fourth-order valence-electron chi connectivity index (χ4n) is 3.82. The minimum Gasteiger partial charge on any atom is -0.396 e. The van der Waals surface area contributed by atoms with Crippen molar-refractivity contribution in [3.05, 3.63) is 23.9 Å². The van der Waals surface area contributed by atoms with Crippen LogP contribution in [0.3, 0.4) is 0 Å². The van der Waals surface area contributed by atoms with Gasteiger partial charge in [-0.15, -0.1) is 0 Å². The molecule has 0 spiro atoms. The van der Waals surface area contributed by atoms with Crippen LogP contribution in [-0.2, 0) is 16.0 Å². The zero-order chi connectivity index (χ0) is 20.5. The van der Waals surface area contributed by atoms with E-state index in [0.717, 1.165) is 69.6 Å². The molecule has 0 aromatic carbocycles. The van der Waals surface area contributed by atoms with E-state index in [0.29, 0.717) is 13.2 Å². The number of anilines is 1. The maximum absolute atomic E-state index is 9.40. The summed E-state index contributed by atoms with van der Waals surface area (Å²) in [5.74, 6) is 1.77. The Labute approximate surface area is 173 Å². The highest BCUT2D eigenvalue weighted by Crippen LogP contribution is 2.31. The fourth-order valence-corrected chi connectivity index (χ4v) is 3.82. The maximum Gasteiger partial charge on any atom is 0.191 e. The van der Waals surface area contributed by atoms with Crippen LogP contribution in [0.25, 0.3) is 0 Å². The van der Waals surface area contributed by atoms with E-state index in [1.807, 2.05) is 6.20 Å². The lowest BCUT2D eigenvalue weighted by molar-refractivity contribution is 0.0529.